The molecule has 1 aliphatic rings. The van der Waals surface area contributed by atoms with E-state index in [0.29, 0.717) is 0 Å². The van der Waals surface area contributed by atoms with Gasteiger partial charge in [-0.2, -0.15) is 0 Å². The Kier molecular flexibility index (Phi) is 3.23. The first-order valence-corrected chi connectivity index (χ1v) is 8.05. The second-order valence-electron chi connectivity index (χ2n) is 6.50. The number of rotatable bonds is 1. The Balaban J connectivity index is 1.97. The zero-order valence-corrected chi connectivity index (χ0v) is 13.9. The number of nitrogens with zero attached hydrogens (tertiary/aromatic N) is 5. The normalized spacial score (nSPS) is 22.2. The fourth-order valence-corrected chi connectivity index (χ4v) is 3.41. The van der Waals surface area contributed by atoms with Gasteiger partial charge in [-0.25, -0.2) is 9.38 Å². The second-order valence-corrected chi connectivity index (χ2v) is 6.50. The Morgan fingerprint density at radius 1 is 1.09 bits per heavy atom. The number of benzene rings is 1. The number of morpholine rings is 1. The highest BCUT2D eigenvalue weighted by molar-refractivity contribution is 5.93. The first-order valence-electron chi connectivity index (χ1n) is 8.05. The predicted octanol–water partition coefficient (Wildman–Crippen LogP) is 2.51. The summed E-state index contributed by atoms with van der Waals surface area (Å²) in [5.41, 5.74) is 3.03. The molecular formula is C17H21N5O. The third-order valence-electron chi connectivity index (χ3n) is 4.34. The molecule has 23 heavy (non-hydrogen) atoms. The molecule has 6 heteroatoms. The molecule has 2 atom stereocenters. The van der Waals surface area contributed by atoms with E-state index in [4.69, 9.17) is 9.72 Å². The van der Waals surface area contributed by atoms with Crippen molar-refractivity contribution in [3.63, 3.8) is 0 Å². The Labute approximate surface area is 135 Å². The van der Waals surface area contributed by atoms with Crippen molar-refractivity contribution in [2.45, 2.75) is 39.9 Å². The lowest BCUT2D eigenvalue weighted by Gasteiger charge is -2.36. The third kappa shape index (κ3) is 2.34. The summed E-state index contributed by atoms with van der Waals surface area (Å²) in [5, 5.41) is 9.73. The molecule has 1 aliphatic heterocycles. The van der Waals surface area contributed by atoms with Crippen molar-refractivity contribution in [1.82, 2.24) is 19.6 Å². The molecule has 0 N–H and O–H groups in total. The molecule has 2 unspecified atom stereocenters. The minimum atomic E-state index is 0.182. The Hall–Kier alpha value is -2.21. The molecule has 1 saturated heterocycles. The topological polar surface area (TPSA) is 55.6 Å². The Bertz CT molecular complexity index is 877. The third-order valence-corrected chi connectivity index (χ3v) is 4.34. The lowest BCUT2D eigenvalue weighted by atomic mass is 10.1. The quantitative estimate of drug-likeness (QED) is 0.691. The van der Waals surface area contributed by atoms with Gasteiger partial charge < -0.3 is 9.64 Å². The highest BCUT2D eigenvalue weighted by Crippen LogP contribution is 2.26. The largest absolute Gasteiger partial charge is 0.372 e. The zero-order valence-electron chi connectivity index (χ0n) is 13.9. The number of ether oxygens (including phenoxy) is 1. The highest BCUT2D eigenvalue weighted by Gasteiger charge is 2.26. The van der Waals surface area contributed by atoms with E-state index < -0.39 is 0 Å². The summed E-state index contributed by atoms with van der Waals surface area (Å²) in [4.78, 5) is 7.20. The molecule has 6 nitrogen and oxygen atoms in total. The molecule has 0 radical (unpaired) electrons. The standard InChI is InChI=1S/C17H21N5O/c1-10-5-6-15-14(7-10)16-20-19-13(4)22(16)17(18-15)21-8-11(2)23-12(3)9-21/h5-7,11-12H,8-9H2,1-4H3. The van der Waals surface area contributed by atoms with Crippen LogP contribution in [0.3, 0.4) is 0 Å². The Morgan fingerprint density at radius 3 is 2.57 bits per heavy atom. The fraction of sp³-hybridized carbons (Fsp3) is 0.471. The molecule has 120 valence electrons. The molecule has 1 fully saturated rings. The molecule has 2 aromatic heterocycles. The molecule has 4 rings (SSSR count). The number of fused-ring (bicyclic) bond motifs is 3. The summed E-state index contributed by atoms with van der Waals surface area (Å²) in [6.45, 7) is 9.90. The first kappa shape index (κ1) is 14.4. The number of aromatic nitrogens is 4. The monoisotopic (exact) mass is 311 g/mol. The summed E-state index contributed by atoms with van der Waals surface area (Å²) in [7, 11) is 0. The molecule has 0 saturated carbocycles. The number of hydrogen-bond donors (Lipinski definition) is 0. The van der Waals surface area contributed by atoms with Gasteiger partial charge in [-0.15, -0.1) is 10.2 Å². The zero-order chi connectivity index (χ0) is 16.1. The van der Waals surface area contributed by atoms with Gasteiger partial charge in [0.25, 0.3) is 0 Å². The van der Waals surface area contributed by atoms with Crippen LogP contribution < -0.4 is 4.90 Å². The number of hydrogen-bond acceptors (Lipinski definition) is 5. The van der Waals surface area contributed by atoms with E-state index in [1.807, 2.05) is 6.92 Å². The lowest BCUT2D eigenvalue weighted by Crippen LogP contribution is -2.46. The summed E-state index contributed by atoms with van der Waals surface area (Å²) >= 11 is 0. The van der Waals surface area contributed by atoms with Gasteiger partial charge in [0.1, 0.15) is 5.82 Å². The summed E-state index contributed by atoms with van der Waals surface area (Å²) in [5.74, 6) is 1.76. The van der Waals surface area contributed by atoms with Crippen molar-refractivity contribution in [2.24, 2.45) is 0 Å². The van der Waals surface area contributed by atoms with Gasteiger partial charge >= 0.3 is 0 Å². The van der Waals surface area contributed by atoms with Crippen molar-refractivity contribution in [1.29, 1.82) is 0 Å². The maximum absolute atomic E-state index is 5.85. The van der Waals surface area contributed by atoms with Crippen LogP contribution >= 0.6 is 0 Å². The van der Waals surface area contributed by atoms with E-state index in [-0.39, 0.29) is 12.2 Å². The molecule has 1 aromatic carbocycles. The van der Waals surface area contributed by atoms with Crippen LogP contribution in [0.1, 0.15) is 25.2 Å². The van der Waals surface area contributed by atoms with Gasteiger partial charge in [0.05, 0.1) is 17.7 Å². The second kappa shape index (κ2) is 5.16. The average Bonchev–Trinajstić information content (AvgIpc) is 2.88. The van der Waals surface area contributed by atoms with Crippen LogP contribution in [0.5, 0.6) is 0 Å². The van der Waals surface area contributed by atoms with E-state index in [0.717, 1.165) is 41.4 Å². The molecule has 3 heterocycles. The van der Waals surface area contributed by atoms with Crippen LogP contribution in [0.4, 0.5) is 5.95 Å². The van der Waals surface area contributed by atoms with Crippen LogP contribution in [0.15, 0.2) is 18.2 Å². The molecule has 3 aromatic rings. The minimum absolute atomic E-state index is 0.182. The number of anilines is 1. The minimum Gasteiger partial charge on any atom is -0.372 e. The van der Waals surface area contributed by atoms with Crippen molar-refractivity contribution >= 4 is 22.5 Å². The molecular weight excluding hydrogens is 290 g/mol. The van der Waals surface area contributed by atoms with Crippen LogP contribution in [-0.2, 0) is 4.74 Å². The lowest BCUT2D eigenvalue weighted by molar-refractivity contribution is -0.00577. The summed E-state index contributed by atoms with van der Waals surface area (Å²) in [6, 6.07) is 6.27. The van der Waals surface area contributed by atoms with E-state index in [1.165, 1.54) is 5.56 Å². The summed E-state index contributed by atoms with van der Waals surface area (Å²) in [6.07, 6.45) is 0.363. The Morgan fingerprint density at radius 2 is 1.83 bits per heavy atom. The average molecular weight is 311 g/mol. The van der Waals surface area contributed by atoms with Crippen molar-refractivity contribution < 1.29 is 4.74 Å². The van der Waals surface area contributed by atoms with Crippen LogP contribution in [0, 0.1) is 13.8 Å². The van der Waals surface area contributed by atoms with Crippen LogP contribution in [0.25, 0.3) is 16.6 Å². The van der Waals surface area contributed by atoms with Gasteiger partial charge in [-0.05, 0) is 39.8 Å². The fourth-order valence-electron chi connectivity index (χ4n) is 3.41. The van der Waals surface area contributed by atoms with Crippen molar-refractivity contribution in [3.05, 3.63) is 29.6 Å². The first-order chi connectivity index (χ1) is 11.0. The van der Waals surface area contributed by atoms with E-state index in [2.05, 4.69) is 58.5 Å². The molecule has 0 bridgehead atoms. The summed E-state index contributed by atoms with van der Waals surface area (Å²) < 4.78 is 7.92. The van der Waals surface area contributed by atoms with Crippen LogP contribution in [0.2, 0.25) is 0 Å². The SMILES string of the molecule is Cc1ccc2nc(N3CC(C)OC(C)C3)n3c(C)nnc3c2c1. The van der Waals surface area contributed by atoms with Crippen LogP contribution in [-0.4, -0.2) is 44.9 Å². The molecule has 0 amide bonds. The maximum atomic E-state index is 5.85. The van der Waals surface area contributed by atoms with E-state index in [1.54, 1.807) is 0 Å². The van der Waals surface area contributed by atoms with Gasteiger partial charge in [-0.3, -0.25) is 0 Å². The van der Waals surface area contributed by atoms with Gasteiger partial charge in [0, 0.05) is 18.5 Å². The van der Waals surface area contributed by atoms with E-state index in [9.17, 15) is 0 Å². The van der Waals surface area contributed by atoms with Crippen molar-refractivity contribution in [3.8, 4) is 0 Å². The highest BCUT2D eigenvalue weighted by atomic mass is 16.5. The molecule has 0 aliphatic carbocycles. The smallest absolute Gasteiger partial charge is 0.213 e. The van der Waals surface area contributed by atoms with Crippen molar-refractivity contribution in [2.75, 3.05) is 18.0 Å². The van der Waals surface area contributed by atoms with Gasteiger partial charge in [0.15, 0.2) is 5.65 Å². The maximum Gasteiger partial charge on any atom is 0.213 e. The van der Waals surface area contributed by atoms with Gasteiger partial charge in [0.2, 0.25) is 5.95 Å². The predicted molar refractivity (Wildman–Crippen MR) is 90.0 cm³/mol. The van der Waals surface area contributed by atoms with Gasteiger partial charge in [-0.1, -0.05) is 11.6 Å². The number of aryl methyl sites for hydroxylation is 2. The molecule has 0 spiro atoms. The van der Waals surface area contributed by atoms with E-state index >= 15 is 0 Å².